The largest absolute Gasteiger partial charge is 0.481 e. The van der Waals surface area contributed by atoms with E-state index in [-0.39, 0.29) is 12.3 Å². The van der Waals surface area contributed by atoms with Gasteiger partial charge in [-0.2, -0.15) is 0 Å². The van der Waals surface area contributed by atoms with Crippen molar-refractivity contribution in [2.45, 2.75) is 12.8 Å². The number of hydrogen-bond acceptors (Lipinski definition) is 2. The Balaban J connectivity index is 2.53. The number of amides is 1. The van der Waals surface area contributed by atoms with Gasteiger partial charge in [0.2, 0.25) is 0 Å². The molecule has 0 radical (unpaired) electrons. The van der Waals surface area contributed by atoms with Gasteiger partial charge in [0.05, 0.1) is 5.02 Å². The highest BCUT2D eigenvalue weighted by Crippen LogP contribution is 2.24. The summed E-state index contributed by atoms with van der Waals surface area (Å²) < 4.78 is 1.47. The number of carbonyl (C=O) groups excluding carboxylic acids is 1. The average molecular weight is 279 g/mol. The van der Waals surface area contributed by atoms with Crippen molar-refractivity contribution in [3.63, 3.8) is 0 Å². The van der Waals surface area contributed by atoms with E-state index in [0.717, 1.165) is 0 Å². The topological polar surface area (TPSA) is 71.3 Å². The Labute approximate surface area is 108 Å². The summed E-state index contributed by atoms with van der Waals surface area (Å²) in [7, 11) is 1.63. The van der Waals surface area contributed by atoms with Crippen molar-refractivity contribution < 1.29 is 14.7 Å². The first-order chi connectivity index (χ1) is 7.93. The number of carboxylic acid groups (broad SMARTS) is 1. The molecule has 0 aliphatic carbocycles. The molecule has 0 saturated heterocycles. The molecule has 94 valence electrons. The summed E-state index contributed by atoms with van der Waals surface area (Å²) >= 11 is 11.6. The monoisotopic (exact) mass is 278 g/mol. The van der Waals surface area contributed by atoms with Crippen LogP contribution in [-0.4, -0.2) is 28.1 Å². The van der Waals surface area contributed by atoms with E-state index in [1.165, 1.54) is 10.6 Å². The number of carbonyl (C=O) groups is 2. The number of halogens is 2. The van der Waals surface area contributed by atoms with Crippen LogP contribution in [0.5, 0.6) is 0 Å². The smallest absolute Gasteiger partial charge is 0.303 e. The van der Waals surface area contributed by atoms with E-state index in [0.29, 0.717) is 28.8 Å². The Hall–Kier alpha value is -1.20. The zero-order valence-corrected chi connectivity index (χ0v) is 10.7. The van der Waals surface area contributed by atoms with E-state index in [1.54, 1.807) is 7.05 Å². The fraction of sp³-hybridized carbons (Fsp3) is 0.400. The minimum Gasteiger partial charge on any atom is -0.481 e. The predicted octanol–water partition coefficient (Wildman–Crippen LogP) is 1.93. The lowest BCUT2D eigenvalue weighted by Crippen LogP contribution is -2.26. The molecule has 2 N–H and O–H groups in total. The van der Waals surface area contributed by atoms with Gasteiger partial charge >= 0.3 is 5.97 Å². The van der Waals surface area contributed by atoms with Crippen LogP contribution in [0.25, 0.3) is 0 Å². The van der Waals surface area contributed by atoms with Crippen LogP contribution in [0.4, 0.5) is 0 Å². The summed E-state index contributed by atoms with van der Waals surface area (Å²) in [5, 5.41) is 11.6. The lowest BCUT2D eigenvalue weighted by molar-refractivity contribution is -0.137. The normalized spacial score (nSPS) is 10.3. The average Bonchev–Trinajstić information content (AvgIpc) is 2.52. The minimum atomic E-state index is -0.885. The Morgan fingerprint density at radius 1 is 1.47 bits per heavy atom. The minimum absolute atomic E-state index is 0.0227. The molecule has 0 aliphatic rings. The van der Waals surface area contributed by atoms with Gasteiger partial charge in [-0.15, -0.1) is 0 Å². The number of nitrogens with zero attached hydrogens (tertiary/aromatic N) is 1. The predicted molar refractivity (Wildman–Crippen MR) is 64.6 cm³/mol. The molecule has 7 heteroatoms. The molecule has 0 fully saturated rings. The molecule has 1 aromatic rings. The first-order valence-corrected chi connectivity index (χ1v) is 5.69. The molecule has 0 bridgehead atoms. The van der Waals surface area contributed by atoms with E-state index >= 15 is 0 Å². The highest BCUT2D eigenvalue weighted by molar-refractivity contribution is 6.41. The fourth-order valence-electron chi connectivity index (χ4n) is 1.29. The SMILES string of the molecule is Cn1c(C(=O)NCCCC(=O)O)cc(Cl)c1Cl. The lowest BCUT2D eigenvalue weighted by Gasteiger charge is -2.05. The van der Waals surface area contributed by atoms with Crippen LogP contribution in [0.15, 0.2) is 6.07 Å². The Bertz CT molecular complexity index is 443. The summed E-state index contributed by atoms with van der Waals surface area (Å²) in [5.41, 5.74) is 0.343. The summed E-state index contributed by atoms with van der Waals surface area (Å²) in [4.78, 5) is 21.9. The molecule has 17 heavy (non-hydrogen) atoms. The van der Waals surface area contributed by atoms with Gasteiger partial charge < -0.3 is 15.0 Å². The summed E-state index contributed by atoms with van der Waals surface area (Å²) in [5.74, 6) is -1.21. The molecule has 1 amide bonds. The first kappa shape index (κ1) is 13.9. The van der Waals surface area contributed by atoms with E-state index in [1.807, 2.05) is 0 Å². The number of hydrogen-bond donors (Lipinski definition) is 2. The van der Waals surface area contributed by atoms with Gasteiger partial charge in [-0.25, -0.2) is 0 Å². The fourth-order valence-corrected chi connectivity index (χ4v) is 1.67. The quantitative estimate of drug-likeness (QED) is 0.809. The van der Waals surface area contributed by atoms with E-state index in [2.05, 4.69) is 5.32 Å². The molecule has 1 heterocycles. The third-order valence-electron chi connectivity index (χ3n) is 2.20. The number of carboxylic acids is 1. The van der Waals surface area contributed by atoms with Gasteiger partial charge in [0, 0.05) is 20.0 Å². The van der Waals surface area contributed by atoms with Crippen LogP contribution in [0.2, 0.25) is 10.2 Å². The summed E-state index contributed by atoms with van der Waals surface area (Å²) in [6.45, 7) is 0.297. The van der Waals surface area contributed by atoms with Crippen molar-refractivity contribution in [3.8, 4) is 0 Å². The van der Waals surface area contributed by atoms with Crippen LogP contribution in [0.1, 0.15) is 23.3 Å². The van der Waals surface area contributed by atoms with Crippen molar-refractivity contribution in [2.75, 3.05) is 6.54 Å². The van der Waals surface area contributed by atoms with Gasteiger partial charge in [0.25, 0.3) is 5.91 Å². The maximum absolute atomic E-state index is 11.7. The molecule has 0 spiro atoms. The number of rotatable bonds is 5. The first-order valence-electron chi connectivity index (χ1n) is 4.94. The second-order valence-electron chi connectivity index (χ2n) is 3.48. The summed E-state index contributed by atoms with van der Waals surface area (Å²) in [6, 6.07) is 1.47. The van der Waals surface area contributed by atoms with Crippen molar-refractivity contribution in [1.82, 2.24) is 9.88 Å². The molecule has 0 saturated carbocycles. The van der Waals surface area contributed by atoms with Crippen LogP contribution in [-0.2, 0) is 11.8 Å². The Morgan fingerprint density at radius 2 is 2.12 bits per heavy atom. The van der Waals surface area contributed by atoms with Crippen LogP contribution < -0.4 is 5.32 Å². The molecule has 0 unspecified atom stereocenters. The molecule has 1 rings (SSSR count). The van der Waals surface area contributed by atoms with Gasteiger partial charge in [0.15, 0.2) is 0 Å². The zero-order chi connectivity index (χ0) is 13.0. The van der Waals surface area contributed by atoms with Crippen molar-refractivity contribution >= 4 is 35.1 Å². The maximum atomic E-state index is 11.7. The van der Waals surface area contributed by atoms with E-state index in [9.17, 15) is 9.59 Å². The molecule has 1 aromatic heterocycles. The van der Waals surface area contributed by atoms with Crippen LogP contribution >= 0.6 is 23.2 Å². The van der Waals surface area contributed by atoms with E-state index in [4.69, 9.17) is 28.3 Å². The van der Waals surface area contributed by atoms with Gasteiger partial charge in [-0.1, -0.05) is 23.2 Å². The maximum Gasteiger partial charge on any atom is 0.303 e. The molecule has 0 aliphatic heterocycles. The second kappa shape index (κ2) is 5.93. The van der Waals surface area contributed by atoms with Gasteiger partial charge in [0.1, 0.15) is 10.8 Å². The van der Waals surface area contributed by atoms with Gasteiger partial charge in [-0.05, 0) is 12.5 Å². The number of nitrogens with one attached hydrogen (secondary N) is 1. The Morgan fingerprint density at radius 3 is 2.59 bits per heavy atom. The van der Waals surface area contributed by atoms with E-state index < -0.39 is 5.97 Å². The molecule has 0 aromatic carbocycles. The number of aliphatic carboxylic acids is 1. The third kappa shape index (κ3) is 3.64. The van der Waals surface area contributed by atoms with Crippen LogP contribution in [0.3, 0.4) is 0 Å². The van der Waals surface area contributed by atoms with Crippen LogP contribution in [0, 0.1) is 0 Å². The standard InChI is InChI=1S/C10H12Cl2N2O3/c1-14-7(5-6(11)9(14)12)10(17)13-4-2-3-8(15)16/h5H,2-4H2,1H3,(H,13,17)(H,15,16). The Kier molecular flexibility index (Phi) is 4.84. The highest BCUT2D eigenvalue weighted by Gasteiger charge is 2.15. The molecular formula is C10H12Cl2N2O3. The third-order valence-corrected chi connectivity index (χ3v) is 3.04. The van der Waals surface area contributed by atoms with Crippen molar-refractivity contribution in [2.24, 2.45) is 7.05 Å². The molecule has 0 atom stereocenters. The van der Waals surface area contributed by atoms with Crippen molar-refractivity contribution in [1.29, 1.82) is 0 Å². The molecule has 5 nitrogen and oxygen atoms in total. The van der Waals surface area contributed by atoms with Gasteiger partial charge in [-0.3, -0.25) is 9.59 Å². The zero-order valence-electron chi connectivity index (χ0n) is 9.17. The molecular weight excluding hydrogens is 267 g/mol. The highest BCUT2D eigenvalue weighted by atomic mass is 35.5. The number of aromatic nitrogens is 1. The lowest BCUT2D eigenvalue weighted by atomic mass is 10.3. The summed E-state index contributed by atoms with van der Waals surface area (Å²) in [6.07, 6.45) is 0.405. The second-order valence-corrected chi connectivity index (χ2v) is 4.25. The van der Waals surface area contributed by atoms with Crippen molar-refractivity contribution in [3.05, 3.63) is 21.9 Å².